The molecular weight excluding hydrogens is 302 g/mol. The fourth-order valence-corrected chi connectivity index (χ4v) is 2.61. The van der Waals surface area contributed by atoms with Crippen molar-refractivity contribution in [2.75, 3.05) is 5.73 Å². The number of halogens is 1. The summed E-state index contributed by atoms with van der Waals surface area (Å²) in [6.45, 7) is 2.08. The number of hydrogen-bond donors (Lipinski definition) is 1. The summed E-state index contributed by atoms with van der Waals surface area (Å²) in [5, 5.41) is 0. The molecule has 0 amide bonds. The van der Waals surface area contributed by atoms with Gasteiger partial charge in [-0.1, -0.05) is 6.07 Å². The van der Waals surface area contributed by atoms with E-state index in [0.717, 1.165) is 32.6 Å². The Morgan fingerprint density at radius 2 is 1.95 bits per heavy atom. The van der Waals surface area contributed by atoms with Gasteiger partial charge in [-0.2, -0.15) is 0 Å². The van der Waals surface area contributed by atoms with Crippen LogP contribution in [0.25, 0.3) is 22.4 Å². The highest BCUT2D eigenvalue weighted by Gasteiger charge is 2.10. The van der Waals surface area contributed by atoms with Crippen molar-refractivity contribution in [1.82, 2.24) is 9.55 Å². The van der Waals surface area contributed by atoms with Crippen molar-refractivity contribution in [3.63, 3.8) is 0 Å². The van der Waals surface area contributed by atoms with Gasteiger partial charge in [0.1, 0.15) is 5.82 Å². The second-order valence-corrected chi connectivity index (χ2v) is 5.58. The molecule has 2 N–H and O–H groups in total. The van der Waals surface area contributed by atoms with Crippen molar-refractivity contribution in [2.24, 2.45) is 7.05 Å². The van der Waals surface area contributed by atoms with E-state index < -0.39 is 0 Å². The summed E-state index contributed by atoms with van der Waals surface area (Å²) in [7, 11) is 2.03. The number of rotatable bonds is 1. The Labute approximate surface area is 120 Å². The molecule has 0 unspecified atom stereocenters. The van der Waals surface area contributed by atoms with Gasteiger partial charge in [0.05, 0.1) is 11.0 Å². The van der Waals surface area contributed by atoms with Crippen molar-refractivity contribution >= 4 is 32.7 Å². The number of fused-ring (bicyclic) bond motifs is 1. The monoisotopic (exact) mass is 315 g/mol. The maximum absolute atomic E-state index is 5.83. The Bertz CT molecular complexity index is 774. The predicted molar refractivity (Wildman–Crippen MR) is 83.0 cm³/mol. The van der Waals surface area contributed by atoms with Crippen LogP contribution in [0.5, 0.6) is 0 Å². The van der Waals surface area contributed by atoms with Crippen molar-refractivity contribution in [3.05, 3.63) is 46.4 Å². The molecule has 2 aromatic carbocycles. The maximum atomic E-state index is 5.83. The lowest BCUT2D eigenvalue weighted by Crippen LogP contribution is -1.93. The van der Waals surface area contributed by atoms with Gasteiger partial charge in [0.15, 0.2) is 0 Å². The van der Waals surface area contributed by atoms with Gasteiger partial charge in [0, 0.05) is 22.8 Å². The van der Waals surface area contributed by atoms with E-state index >= 15 is 0 Å². The van der Waals surface area contributed by atoms with E-state index in [2.05, 4.69) is 45.6 Å². The normalized spacial score (nSPS) is 11.1. The zero-order chi connectivity index (χ0) is 13.6. The van der Waals surface area contributed by atoms with Crippen LogP contribution in [0.15, 0.2) is 40.9 Å². The molecule has 4 heteroatoms. The molecule has 1 aromatic heterocycles. The third-order valence-electron chi connectivity index (χ3n) is 3.29. The molecule has 0 atom stereocenters. The minimum absolute atomic E-state index is 0.735. The highest BCUT2D eigenvalue weighted by Crippen LogP contribution is 2.29. The molecule has 0 spiro atoms. The van der Waals surface area contributed by atoms with Gasteiger partial charge in [0.25, 0.3) is 0 Å². The molecule has 0 saturated carbocycles. The quantitative estimate of drug-likeness (QED) is 0.692. The summed E-state index contributed by atoms with van der Waals surface area (Å²) in [6, 6.07) is 12.2. The SMILES string of the molecule is Cc1ccc2c(c1)nc(-c1ccc(N)c(Br)c1)n2C. The predicted octanol–water partition coefficient (Wildman–Crippen LogP) is 3.89. The van der Waals surface area contributed by atoms with Gasteiger partial charge in [-0.15, -0.1) is 0 Å². The lowest BCUT2D eigenvalue weighted by Gasteiger charge is -2.04. The molecule has 19 heavy (non-hydrogen) atoms. The molecule has 0 aliphatic rings. The number of imidazole rings is 1. The number of hydrogen-bond acceptors (Lipinski definition) is 2. The minimum Gasteiger partial charge on any atom is -0.398 e. The molecular formula is C15H14BrN3. The van der Waals surface area contributed by atoms with Crippen LogP contribution in [0.4, 0.5) is 5.69 Å². The first-order chi connectivity index (χ1) is 9.06. The van der Waals surface area contributed by atoms with Crippen molar-refractivity contribution in [1.29, 1.82) is 0 Å². The number of nitrogens with two attached hydrogens (primary N) is 1. The second kappa shape index (κ2) is 4.38. The van der Waals surface area contributed by atoms with Gasteiger partial charge in [-0.3, -0.25) is 0 Å². The number of anilines is 1. The number of aryl methyl sites for hydroxylation is 2. The first-order valence-electron chi connectivity index (χ1n) is 6.05. The average molecular weight is 316 g/mol. The lowest BCUT2D eigenvalue weighted by atomic mass is 10.2. The van der Waals surface area contributed by atoms with E-state index in [1.807, 2.05) is 25.2 Å². The Kier molecular flexibility index (Phi) is 2.82. The zero-order valence-corrected chi connectivity index (χ0v) is 12.4. The third-order valence-corrected chi connectivity index (χ3v) is 3.98. The topological polar surface area (TPSA) is 43.8 Å². The molecule has 3 aromatic rings. The number of aromatic nitrogens is 2. The van der Waals surface area contributed by atoms with E-state index in [4.69, 9.17) is 10.7 Å². The van der Waals surface area contributed by atoms with Crippen LogP contribution in [0.3, 0.4) is 0 Å². The fraction of sp³-hybridized carbons (Fsp3) is 0.133. The molecule has 0 saturated heterocycles. The van der Waals surface area contributed by atoms with E-state index in [9.17, 15) is 0 Å². The van der Waals surface area contributed by atoms with Crippen LogP contribution >= 0.6 is 15.9 Å². The average Bonchev–Trinajstić information content (AvgIpc) is 2.70. The second-order valence-electron chi connectivity index (χ2n) is 4.72. The first-order valence-corrected chi connectivity index (χ1v) is 6.84. The van der Waals surface area contributed by atoms with Crippen LogP contribution in [-0.4, -0.2) is 9.55 Å². The van der Waals surface area contributed by atoms with Gasteiger partial charge < -0.3 is 10.3 Å². The zero-order valence-electron chi connectivity index (χ0n) is 10.8. The van der Waals surface area contributed by atoms with Gasteiger partial charge >= 0.3 is 0 Å². The number of benzene rings is 2. The van der Waals surface area contributed by atoms with Crippen LogP contribution in [0, 0.1) is 6.92 Å². The summed E-state index contributed by atoms with van der Waals surface area (Å²) in [6.07, 6.45) is 0. The van der Waals surface area contributed by atoms with Crippen LogP contribution in [0.2, 0.25) is 0 Å². The third kappa shape index (κ3) is 2.02. The molecule has 0 fully saturated rings. The maximum Gasteiger partial charge on any atom is 0.140 e. The molecule has 3 nitrogen and oxygen atoms in total. The van der Waals surface area contributed by atoms with E-state index in [1.165, 1.54) is 5.56 Å². The van der Waals surface area contributed by atoms with Crippen molar-refractivity contribution in [2.45, 2.75) is 6.92 Å². The summed E-state index contributed by atoms with van der Waals surface area (Å²) < 4.78 is 3.00. The summed E-state index contributed by atoms with van der Waals surface area (Å²) >= 11 is 3.46. The van der Waals surface area contributed by atoms with Crippen LogP contribution in [-0.2, 0) is 7.05 Å². The van der Waals surface area contributed by atoms with E-state index in [1.54, 1.807) is 0 Å². The smallest absolute Gasteiger partial charge is 0.140 e. The molecule has 1 heterocycles. The minimum atomic E-state index is 0.735. The Balaban J connectivity index is 2.24. The summed E-state index contributed by atoms with van der Waals surface area (Å²) in [4.78, 5) is 4.72. The van der Waals surface area contributed by atoms with E-state index in [-0.39, 0.29) is 0 Å². The van der Waals surface area contributed by atoms with Gasteiger partial charge in [-0.05, 0) is 58.7 Å². The summed E-state index contributed by atoms with van der Waals surface area (Å²) in [5.41, 5.74) is 11.0. The molecule has 0 aliphatic carbocycles. The van der Waals surface area contributed by atoms with Crippen LogP contribution in [0.1, 0.15) is 5.56 Å². The molecule has 0 bridgehead atoms. The van der Waals surface area contributed by atoms with Crippen LogP contribution < -0.4 is 5.73 Å². The highest BCUT2D eigenvalue weighted by atomic mass is 79.9. The van der Waals surface area contributed by atoms with E-state index in [0.29, 0.717) is 0 Å². The Morgan fingerprint density at radius 3 is 2.68 bits per heavy atom. The van der Waals surface area contributed by atoms with Crippen molar-refractivity contribution in [3.8, 4) is 11.4 Å². The number of nitrogens with zero attached hydrogens (tertiary/aromatic N) is 2. The largest absolute Gasteiger partial charge is 0.398 e. The Hall–Kier alpha value is -1.81. The molecule has 0 radical (unpaired) electrons. The number of nitrogen functional groups attached to an aromatic ring is 1. The highest BCUT2D eigenvalue weighted by molar-refractivity contribution is 9.10. The standard InChI is InChI=1S/C15H14BrN3/c1-9-3-6-14-13(7-9)18-15(19(14)2)10-4-5-12(17)11(16)8-10/h3-8H,17H2,1-2H3. The van der Waals surface area contributed by atoms with Gasteiger partial charge in [0.2, 0.25) is 0 Å². The lowest BCUT2D eigenvalue weighted by molar-refractivity contribution is 0.959. The van der Waals surface area contributed by atoms with Crippen molar-refractivity contribution < 1.29 is 0 Å². The first kappa shape index (κ1) is 12.2. The molecule has 3 rings (SSSR count). The molecule has 0 aliphatic heterocycles. The molecule has 96 valence electrons. The summed E-state index contributed by atoms with van der Waals surface area (Å²) in [5.74, 6) is 0.946. The van der Waals surface area contributed by atoms with Gasteiger partial charge in [-0.25, -0.2) is 4.98 Å². The fourth-order valence-electron chi connectivity index (χ4n) is 2.23. The Morgan fingerprint density at radius 1 is 1.16 bits per heavy atom.